The fourth-order valence-electron chi connectivity index (χ4n) is 8.20. The average molecular weight is 1120 g/mol. The van der Waals surface area contributed by atoms with Crippen LogP contribution in [0.25, 0.3) is 0 Å². The number of carbonyl (C=O) groups excluding carboxylic acids is 9. The van der Waals surface area contributed by atoms with Crippen LogP contribution in [0.5, 0.6) is 11.5 Å². The topological polar surface area (TPSA) is 363 Å². The van der Waals surface area contributed by atoms with E-state index in [0.29, 0.717) is 24.1 Å². The van der Waals surface area contributed by atoms with E-state index >= 15 is 0 Å². The van der Waals surface area contributed by atoms with Crippen molar-refractivity contribution in [3.63, 3.8) is 0 Å². The predicted octanol–water partition coefficient (Wildman–Crippen LogP) is -1.38. The molecule has 0 spiro atoms. The smallest absolute Gasteiger partial charge is 0.303 e. The number of hydrogen-bond donors (Lipinski definition) is 13. The van der Waals surface area contributed by atoms with Gasteiger partial charge in [0.25, 0.3) is 0 Å². The van der Waals surface area contributed by atoms with Crippen LogP contribution < -0.4 is 47.9 Å². The van der Waals surface area contributed by atoms with E-state index in [9.17, 15) is 68.4 Å². The quantitative estimate of drug-likeness (QED) is 0.0679. The molecule has 4 rings (SSSR count). The Balaban J connectivity index is 1.73. The van der Waals surface area contributed by atoms with Gasteiger partial charge in [-0.05, 0) is 88.1 Å². The van der Waals surface area contributed by atoms with Gasteiger partial charge in [0.1, 0.15) is 47.8 Å². The number of halogens is 1. The zero-order valence-corrected chi connectivity index (χ0v) is 45.2. The Labute approximate surface area is 452 Å². The van der Waals surface area contributed by atoms with E-state index in [-0.39, 0.29) is 59.6 Å². The van der Waals surface area contributed by atoms with Crippen molar-refractivity contribution in [2.45, 2.75) is 120 Å². The molecule has 2 aromatic rings. The Hall–Kier alpha value is -6.19. The summed E-state index contributed by atoms with van der Waals surface area (Å²) in [5.74, 6) is -9.29. The number of phenols is 2. The maximum absolute atomic E-state index is 14.8. The lowest BCUT2D eigenvalue weighted by Crippen LogP contribution is -2.60. The second-order valence-electron chi connectivity index (χ2n) is 18.9. The molecule has 0 radical (unpaired) electrons. The van der Waals surface area contributed by atoms with E-state index < -0.39 is 139 Å². The first-order valence-corrected chi connectivity index (χ1v) is 27.5. The molecule has 24 nitrogen and oxygen atoms in total. The van der Waals surface area contributed by atoms with Gasteiger partial charge in [0.15, 0.2) is 5.78 Å². The van der Waals surface area contributed by atoms with Gasteiger partial charge >= 0.3 is 5.97 Å². The van der Waals surface area contributed by atoms with Crippen LogP contribution in [0.3, 0.4) is 0 Å². The zero-order valence-electron chi connectivity index (χ0n) is 42.8. The van der Waals surface area contributed by atoms with Gasteiger partial charge in [0, 0.05) is 43.7 Å². The van der Waals surface area contributed by atoms with Crippen LogP contribution in [-0.2, 0) is 60.8 Å². The molecule has 2 aliphatic rings. The van der Waals surface area contributed by atoms with Crippen LogP contribution in [0.2, 0.25) is 5.02 Å². The second kappa shape index (κ2) is 30.5. The number of amides is 8. The maximum atomic E-state index is 14.8. The number of aliphatic hydroxyl groups excluding tert-OH is 1. The average Bonchev–Trinajstić information content (AvgIpc) is 3.76. The number of nitrogens with one attached hydrogen (secondary N) is 9. The van der Waals surface area contributed by atoms with Crippen molar-refractivity contribution in [2.75, 3.05) is 45.2 Å². The number of carboxylic acid groups (broad SMARTS) is 1. The van der Waals surface area contributed by atoms with Crippen molar-refractivity contribution < 1.29 is 68.4 Å². The largest absolute Gasteiger partial charge is 0.508 e. The van der Waals surface area contributed by atoms with Gasteiger partial charge in [-0.2, -0.15) is 0 Å². The Bertz CT molecular complexity index is 2400. The number of ketones is 1. The molecular weight excluding hydrogens is 1050 g/mol. The lowest BCUT2D eigenvalue weighted by atomic mass is 10.0. The van der Waals surface area contributed by atoms with Crippen molar-refractivity contribution in [1.29, 1.82) is 0 Å². The summed E-state index contributed by atoms with van der Waals surface area (Å²) in [4.78, 5) is 138. The van der Waals surface area contributed by atoms with E-state index in [1.54, 1.807) is 14.1 Å². The van der Waals surface area contributed by atoms with Crippen LogP contribution in [0.15, 0.2) is 42.5 Å². The minimum atomic E-state index is -1.65. The maximum Gasteiger partial charge on any atom is 0.303 e. The highest BCUT2D eigenvalue weighted by atomic mass is 35.5. The van der Waals surface area contributed by atoms with Crippen LogP contribution in [-0.4, -0.2) is 184 Å². The summed E-state index contributed by atoms with van der Waals surface area (Å²) in [7, 11) is 5.27. The Morgan fingerprint density at radius 3 is 2.09 bits per heavy atom. The number of aliphatic hydroxyl groups is 1. The molecule has 418 valence electrons. The normalized spacial score (nSPS) is 22.4. The lowest BCUT2D eigenvalue weighted by molar-refractivity contribution is -0.142. The molecule has 2 aromatic carbocycles. The van der Waals surface area contributed by atoms with Gasteiger partial charge in [-0.25, -0.2) is 0 Å². The first-order valence-electron chi connectivity index (χ1n) is 24.6. The standard InChI is InChI=1S/C49H69ClN10O14S2/c1-25(2)16-34-46(71)58-37(26(3)61)23-75-76-24-38(49(74)60-22-30(63)20-39(60)48(73)57-35(43(68)53-21-41(65)54-34)19-28-8-12-40(64)31(50)17-28)59-45(70)33(11-13-42(66)67)55-47(72)36(18-27-6-9-29(62)10-7-27)56-44(69)32(52-5)14-15-51-4/h6-10,12,17,25,30,32-39,51-52,62-64H,11,13-16,18-24H2,1-5H3,(H,53,68)(H,54,65)(H,55,72)(H,56,69)(H,57,73)(H,58,71)(H,59,70)(H,66,67)/t30?,32-,33+,34-,35-,36-,37-,38-,39?/m0/s1. The molecule has 2 fully saturated rings. The molecule has 0 bridgehead atoms. The number of nitrogens with zero attached hydrogens (tertiary/aromatic N) is 1. The number of aliphatic carboxylic acids is 1. The monoisotopic (exact) mass is 1120 g/mol. The van der Waals surface area contributed by atoms with Gasteiger partial charge in [-0.15, -0.1) is 0 Å². The van der Waals surface area contributed by atoms with Crippen molar-refractivity contribution >= 4 is 92.2 Å². The molecule has 2 aliphatic heterocycles. The number of phenolic OH excluding ortho intramolecular Hbond substituents is 2. The van der Waals surface area contributed by atoms with Gasteiger partial charge in [-0.3, -0.25) is 47.9 Å². The molecule has 0 aromatic heterocycles. The van der Waals surface area contributed by atoms with Gasteiger partial charge in [0.2, 0.25) is 47.3 Å². The number of rotatable bonds is 20. The fourth-order valence-corrected chi connectivity index (χ4v) is 10.8. The molecular formula is C49H69ClN10O14S2. The highest BCUT2D eigenvalue weighted by Crippen LogP contribution is 2.28. The van der Waals surface area contributed by atoms with E-state index in [1.807, 2.05) is 13.8 Å². The SMILES string of the molecule is CNCC[C@H](NC)C(=O)N[C@@H](Cc1ccc(O)cc1)C(=O)N[C@H](CCC(=O)O)C(=O)N[C@H]1CSSC[C@@H](C(C)=O)NC(=O)[C@H](CC(C)C)NC(=O)CNC(=O)[C@H](Cc2ccc(O)c(Cl)c2)NC(=O)C2CC(O)CN2C1=O. The van der Waals surface area contributed by atoms with Crippen molar-refractivity contribution in [2.24, 2.45) is 5.92 Å². The fraction of sp³-hybridized carbons (Fsp3) is 0.551. The van der Waals surface area contributed by atoms with Crippen LogP contribution in [0.1, 0.15) is 64.0 Å². The third-order valence-electron chi connectivity index (χ3n) is 12.3. The molecule has 27 heteroatoms. The summed E-state index contributed by atoms with van der Waals surface area (Å²) in [6.45, 7) is 4.21. The summed E-state index contributed by atoms with van der Waals surface area (Å²) in [6.07, 6.45) is -2.68. The third kappa shape index (κ3) is 19.7. The van der Waals surface area contributed by atoms with E-state index in [4.69, 9.17) is 11.6 Å². The van der Waals surface area contributed by atoms with Crippen LogP contribution in [0, 0.1) is 5.92 Å². The highest BCUT2D eigenvalue weighted by molar-refractivity contribution is 8.76. The molecule has 2 heterocycles. The van der Waals surface area contributed by atoms with E-state index in [0.717, 1.165) is 26.5 Å². The molecule has 8 amide bonds. The Morgan fingerprint density at radius 1 is 0.803 bits per heavy atom. The number of likely N-dealkylation sites (N-methyl/N-ethyl adjacent to an activating group) is 1. The summed E-state index contributed by atoms with van der Waals surface area (Å²) < 4.78 is 0. The van der Waals surface area contributed by atoms with Gasteiger partial charge < -0.3 is 73.2 Å². The van der Waals surface area contributed by atoms with Gasteiger partial charge in [-0.1, -0.05) is 65.2 Å². The summed E-state index contributed by atoms with van der Waals surface area (Å²) in [5, 5.41) is 64.6. The number of aromatic hydroxyl groups is 2. The van der Waals surface area contributed by atoms with E-state index in [1.165, 1.54) is 49.4 Å². The first kappa shape index (κ1) is 62.4. The molecule has 0 saturated carbocycles. The van der Waals surface area contributed by atoms with Crippen molar-refractivity contribution in [1.82, 2.24) is 52.8 Å². The molecule has 2 unspecified atom stereocenters. The Kier molecular flexibility index (Phi) is 25.0. The number of hydrogen-bond acceptors (Lipinski definition) is 17. The molecule has 9 atom stereocenters. The number of fused-ring (bicyclic) bond motifs is 1. The van der Waals surface area contributed by atoms with Crippen molar-refractivity contribution in [3.8, 4) is 11.5 Å². The van der Waals surface area contributed by atoms with Gasteiger partial charge in [0.05, 0.1) is 29.8 Å². The van der Waals surface area contributed by atoms with Crippen LogP contribution in [0.4, 0.5) is 0 Å². The second-order valence-corrected chi connectivity index (χ2v) is 21.8. The number of Topliss-reactive ketones (excluding diaryl/α,β-unsaturated/α-hetero) is 1. The molecule has 2 saturated heterocycles. The minimum absolute atomic E-state index is 0.0618. The number of carbonyl (C=O) groups is 10. The molecule has 0 aliphatic carbocycles. The summed E-state index contributed by atoms with van der Waals surface area (Å²) >= 11 is 6.16. The third-order valence-corrected chi connectivity index (χ3v) is 15.1. The number of benzene rings is 2. The highest BCUT2D eigenvalue weighted by Gasteiger charge is 2.43. The molecule has 76 heavy (non-hydrogen) atoms. The zero-order chi connectivity index (χ0) is 56.2. The molecule has 13 N–H and O–H groups in total. The van der Waals surface area contributed by atoms with E-state index in [2.05, 4.69) is 47.9 Å². The Morgan fingerprint density at radius 2 is 1.46 bits per heavy atom. The summed E-state index contributed by atoms with van der Waals surface area (Å²) in [5.41, 5.74) is 0.860. The first-order chi connectivity index (χ1) is 36.0. The lowest BCUT2D eigenvalue weighted by Gasteiger charge is -2.31. The predicted molar refractivity (Wildman–Crippen MR) is 283 cm³/mol. The van der Waals surface area contributed by atoms with Crippen molar-refractivity contribution in [3.05, 3.63) is 58.6 Å². The minimum Gasteiger partial charge on any atom is -0.508 e. The summed E-state index contributed by atoms with van der Waals surface area (Å²) in [6, 6.07) is -0.655. The number of carboxylic acids is 1. The van der Waals surface area contributed by atoms with Crippen LogP contribution >= 0.6 is 33.2 Å².